The van der Waals surface area contributed by atoms with E-state index in [-0.39, 0.29) is 12.5 Å². The van der Waals surface area contributed by atoms with Gasteiger partial charge in [0, 0.05) is 23.8 Å². The molecule has 3 aromatic rings. The molecule has 0 saturated heterocycles. The molecule has 1 amide bonds. The lowest BCUT2D eigenvalue weighted by molar-refractivity contribution is 0.0950. The maximum absolute atomic E-state index is 12.4. The van der Waals surface area contributed by atoms with Gasteiger partial charge in [-0.15, -0.1) is 0 Å². The number of aromatic nitrogens is 2. The van der Waals surface area contributed by atoms with Gasteiger partial charge in [-0.05, 0) is 35.9 Å². The number of hydrogen-bond acceptors (Lipinski definition) is 3. The van der Waals surface area contributed by atoms with E-state index < -0.39 is 0 Å². The normalized spacial score (nSPS) is 10.7. The molecule has 0 aliphatic rings. The minimum Gasteiger partial charge on any atom is -0.486 e. The molecule has 27 heavy (non-hydrogen) atoms. The van der Waals surface area contributed by atoms with Crippen LogP contribution >= 0.6 is 34.8 Å². The van der Waals surface area contributed by atoms with Gasteiger partial charge in [-0.25, -0.2) is 0 Å². The number of carbonyl (C=O) groups excluding carboxylic acids is 1. The Morgan fingerprint density at radius 3 is 2.56 bits per heavy atom. The van der Waals surface area contributed by atoms with E-state index in [2.05, 4.69) is 10.4 Å². The van der Waals surface area contributed by atoms with E-state index in [9.17, 15) is 4.79 Å². The molecular weight excluding hydrogens is 409 g/mol. The second kappa shape index (κ2) is 8.65. The number of nitrogens with one attached hydrogen (secondary N) is 1. The van der Waals surface area contributed by atoms with Gasteiger partial charge in [-0.1, -0.05) is 46.9 Å². The first kappa shape index (κ1) is 19.5. The van der Waals surface area contributed by atoms with Crippen LogP contribution in [0.25, 0.3) is 0 Å². The van der Waals surface area contributed by atoms with Gasteiger partial charge in [0.2, 0.25) is 0 Å². The van der Waals surface area contributed by atoms with E-state index >= 15 is 0 Å². The Kier molecular flexibility index (Phi) is 6.26. The average molecular weight is 425 g/mol. The molecule has 0 atom stereocenters. The Morgan fingerprint density at radius 1 is 1.15 bits per heavy atom. The third-order valence-corrected chi connectivity index (χ3v) is 4.51. The Morgan fingerprint density at radius 2 is 1.89 bits per heavy atom. The number of carbonyl (C=O) groups is 1. The lowest BCUT2D eigenvalue weighted by Crippen LogP contribution is -2.23. The average Bonchev–Trinajstić information content (AvgIpc) is 3.04. The Bertz CT molecular complexity index is 949. The van der Waals surface area contributed by atoms with Crippen molar-refractivity contribution >= 4 is 40.7 Å². The van der Waals surface area contributed by atoms with E-state index in [1.165, 1.54) is 0 Å². The van der Waals surface area contributed by atoms with Gasteiger partial charge in [-0.3, -0.25) is 9.48 Å². The van der Waals surface area contributed by atoms with Crippen molar-refractivity contribution in [1.29, 1.82) is 0 Å². The fourth-order valence-corrected chi connectivity index (χ4v) is 3.38. The summed E-state index contributed by atoms with van der Waals surface area (Å²) in [6.45, 7) is 0.568. The van der Waals surface area contributed by atoms with Crippen molar-refractivity contribution in [1.82, 2.24) is 15.1 Å². The summed E-state index contributed by atoms with van der Waals surface area (Å²) in [7, 11) is 1.83. The monoisotopic (exact) mass is 423 g/mol. The minimum absolute atomic E-state index is 0.190. The standard InChI is InChI=1S/C19H16Cl3N3O2/c1-25-6-5-15(24-25)10-23-19(26)13-4-2-3-12(7-13)11-27-18-16(21)8-14(20)9-17(18)22/h2-9H,10-11H2,1H3,(H,23,26). The molecule has 3 rings (SSSR count). The first-order valence-corrected chi connectivity index (χ1v) is 9.19. The molecular formula is C19H16Cl3N3O2. The first-order chi connectivity index (χ1) is 12.9. The molecule has 1 heterocycles. The number of benzene rings is 2. The summed E-state index contributed by atoms with van der Waals surface area (Å²) < 4.78 is 7.40. The minimum atomic E-state index is -0.190. The van der Waals surface area contributed by atoms with Crippen molar-refractivity contribution in [3.05, 3.63) is 80.6 Å². The maximum atomic E-state index is 12.4. The van der Waals surface area contributed by atoms with Gasteiger partial charge in [0.15, 0.2) is 5.75 Å². The van der Waals surface area contributed by atoms with Crippen LogP contribution < -0.4 is 10.1 Å². The summed E-state index contributed by atoms with van der Waals surface area (Å²) in [6, 6.07) is 12.1. The topological polar surface area (TPSA) is 56.2 Å². The molecule has 2 aromatic carbocycles. The highest BCUT2D eigenvalue weighted by Crippen LogP contribution is 2.36. The van der Waals surface area contributed by atoms with Crippen LogP contribution in [0.4, 0.5) is 0 Å². The highest BCUT2D eigenvalue weighted by atomic mass is 35.5. The number of halogens is 3. The summed E-state index contributed by atoms with van der Waals surface area (Å²) in [5.41, 5.74) is 2.13. The number of nitrogens with zero attached hydrogens (tertiary/aromatic N) is 2. The van der Waals surface area contributed by atoms with Crippen LogP contribution in [0.3, 0.4) is 0 Å². The van der Waals surface area contributed by atoms with Crippen LogP contribution in [0.15, 0.2) is 48.7 Å². The van der Waals surface area contributed by atoms with Gasteiger partial charge in [0.25, 0.3) is 5.91 Å². The maximum Gasteiger partial charge on any atom is 0.251 e. The smallest absolute Gasteiger partial charge is 0.251 e. The van der Waals surface area contributed by atoms with Crippen LogP contribution in [0.5, 0.6) is 5.75 Å². The van der Waals surface area contributed by atoms with Crippen molar-refractivity contribution in [3.63, 3.8) is 0 Å². The van der Waals surface area contributed by atoms with E-state index in [4.69, 9.17) is 39.5 Å². The lowest BCUT2D eigenvalue weighted by atomic mass is 10.1. The second-order valence-corrected chi connectivity index (χ2v) is 7.10. The van der Waals surface area contributed by atoms with Crippen LogP contribution in [-0.2, 0) is 20.2 Å². The van der Waals surface area contributed by atoms with Gasteiger partial charge in [-0.2, -0.15) is 5.10 Å². The molecule has 1 aromatic heterocycles. The van der Waals surface area contributed by atoms with Crippen molar-refractivity contribution < 1.29 is 9.53 Å². The zero-order valence-electron chi connectivity index (χ0n) is 14.4. The number of ether oxygens (including phenoxy) is 1. The highest BCUT2D eigenvalue weighted by molar-refractivity contribution is 6.40. The van der Waals surface area contributed by atoms with Gasteiger partial charge in [0.1, 0.15) is 6.61 Å². The van der Waals surface area contributed by atoms with Gasteiger partial charge < -0.3 is 10.1 Å². The molecule has 1 N–H and O–H groups in total. The van der Waals surface area contributed by atoms with Crippen LogP contribution in [0.2, 0.25) is 15.1 Å². The Balaban J connectivity index is 1.64. The molecule has 0 saturated carbocycles. The van der Waals surface area contributed by atoms with Crippen molar-refractivity contribution in [3.8, 4) is 5.75 Å². The molecule has 0 unspecified atom stereocenters. The van der Waals surface area contributed by atoms with Crippen molar-refractivity contribution in [2.24, 2.45) is 7.05 Å². The quantitative estimate of drug-likeness (QED) is 0.613. The first-order valence-electron chi connectivity index (χ1n) is 8.05. The molecule has 0 spiro atoms. The number of aryl methyl sites for hydroxylation is 1. The summed E-state index contributed by atoms with van der Waals surface area (Å²) in [5, 5.41) is 8.16. The zero-order valence-corrected chi connectivity index (χ0v) is 16.6. The summed E-state index contributed by atoms with van der Waals surface area (Å²) >= 11 is 18.1. The second-order valence-electron chi connectivity index (χ2n) is 5.85. The molecule has 8 heteroatoms. The lowest BCUT2D eigenvalue weighted by Gasteiger charge is -2.11. The van der Waals surface area contributed by atoms with Gasteiger partial charge >= 0.3 is 0 Å². The Labute approximate surface area is 171 Å². The third-order valence-electron chi connectivity index (χ3n) is 3.73. The van der Waals surface area contributed by atoms with Gasteiger partial charge in [0.05, 0.1) is 22.3 Å². The zero-order chi connectivity index (χ0) is 19.4. The number of rotatable bonds is 6. The molecule has 0 aliphatic heterocycles. The molecule has 140 valence electrons. The fourth-order valence-electron chi connectivity index (χ4n) is 2.46. The molecule has 0 aliphatic carbocycles. The van der Waals surface area contributed by atoms with E-state index in [1.807, 2.05) is 25.4 Å². The Hall–Kier alpha value is -2.21. The number of amides is 1. The SMILES string of the molecule is Cn1ccc(CNC(=O)c2cccc(COc3c(Cl)cc(Cl)cc3Cl)c2)n1. The molecule has 0 bridgehead atoms. The predicted molar refractivity (Wildman–Crippen MR) is 107 cm³/mol. The summed E-state index contributed by atoms with van der Waals surface area (Å²) in [6.07, 6.45) is 1.83. The fraction of sp³-hybridized carbons (Fsp3) is 0.158. The van der Waals surface area contributed by atoms with Crippen LogP contribution in [0, 0.1) is 0 Å². The van der Waals surface area contributed by atoms with Crippen LogP contribution in [-0.4, -0.2) is 15.7 Å². The van der Waals surface area contributed by atoms with E-state index in [0.29, 0.717) is 32.9 Å². The molecule has 5 nitrogen and oxygen atoms in total. The van der Waals surface area contributed by atoms with Crippen molar-refractivity contribution in [2.45, 2.75) is 13.2 Å². The summed E-state index contributed by atoms with van der Waals surface area (Å²) in [5.74, 6) is 0.165. The predicted octanol–water partition coefficient (Wildman–Crippen LogP) is 4.89. The summed E-state index contributed by atoms with van der Waals surface area (Å²) in [4.78, 5) is 12.4. The molecule has 0 fully saturated rings. The van der Waals surface area contributed by atoms with Crippen molar-refractivity contribution in [2.75, 3.05) is 0 Å². The highest BCUT2D eigenvalue weighted by Gasteiger charge is 2.11. The van der Waals surface area contributed by atoms with Crippen LogP contribution in [0.1, 0.15) is 21.6 Å². The molecule has 0 radical (unpaired) electrons. The largest absolute Gasteiger partial charge is 0.486 e. The third kappa shape index (κ3) is 5.16. The number of hydrogen-bond donors (Lipinski definition) is 1. The van der Waals surface area contributed by atoms with E-state index in [0.717, 1.165) is 11.3 Å². The van der Waals surface area contributed by atoms with E-state index in [1.54, 1.807) is 35.0 Å².